The van der Waals surface area contributed by atoms with Gasteiger partial charge in [-0.1, -0.05) is 0 Å². The third-order valence-corrected chi connectivity index (χ3v) is 4.74. The Bertz CT molecular complexity index is 594. The maximum Gasteiger partial charge on any atom is 0.256 e. The van der Waals surface area contributed by atoms with E-state index < -0.39 is 0 Å². The molecule has 1 saturated heterocycles. The van der Waals surface area contributed by atoms with Crippen molar-refractivity contribution < 1.29 is 9.59 Å². The molecule has 0 bridgehead atoms. The van der Waals surface area contributed by atoms with Gasteiger partial charge in [0, 0.05) is 51.4 Å². The maximum atomic E-state index is 12.4. The molecule has 2 amide bonds. The lowest BCUT2D eigenvalue weighted by Crippen LogP contribution is -2.51. The first-order valence-corrected chi connectivity index (χ1v) is 8.31. The number of carbonyl (C=O) groups is 2. The molecule has 3 heterocycles. The quantitative estimate of drug-likeness (QED) is 0.831. The van der Waals surface area contributed by atoms with Gasteiger partial charge >= 0.3 is 0 Å². The van der Waals surface area contributed by atoms with Gasteiger partial charge in [0.2, 0.25) is 5.91 Å². The number of rotatable bonds is 4. The summed E-state index contributed by atoms with van der Waals surface area (Å²) in [6, 6.07) is 4.11. The zero-order valence-corrected chi connectivity index (χ0v) is 13.9. The van der Waals surface area contributed by atoms with Crippen LogP contribution in [-0.4, -0.2) is 70.3 Å². The maximum absolute atomic E-state index is 12.4. The fourth-order valence-electron chi connectivity index (χ4n) is 3.24. The van der Waals surface area contributed by atoms with Crippen LogP contribution in [0.25, 0.3) is 0 Å². The summed E-state index contributed by atoms with van der Waals surface area (Å²) in [7, 11) is 0. The molecule has 124 valence electrons. The minimum absolute atomic E-state index is 0.00877. The monoisotopic (exact) mass is 316 g/mol. The standard InChI is InChI=1S/C17H24N4O2/c1-13(2)19-8-10-20(11-9-19)16(22)5-7-21-12-15-14(17(21)23)4-3-6-18-15/h3-4,6,13H,5,7-12H2,1-2H3. The summed E-state index contributed by atoms with van der Waals surface area (Å²) >= 11 is 0. The van der Waals surface area contributed by atoms with Crippen LogP contribution in [0.3, 0.4) is 0 Å². The van der Waals surface area contributed by atoms with Crippen molar-refractivity contribution in [3.63, 3.8) is 0 Å². The molecule has 0 aromatic carbocycles. The van der Waals surface area contributed by atoms with Gasteiger partial charge in [0.05, 0.1) is 17.8 Å². The van der Waals surface area contributed by atoms with Gasteiger partial charge in [-0.15, -0.1) is 0 Å². The van der Waals surface area contributed by atoms with E-state index in [0.717, 1.165) is 31.9 Å². The molecular formula is C17H24N4O2. The molecule has 0 spiro atoms. The lowest BCUT2D eigenvalue weighted by atomic mass is 10.2. The molecule has 0 radical (unpaired) electrons. The van der Waals surface area contributed by atoms with E-state index in [1.54, 1.807) is 23.2 Å². The predicted octanol–water partition coefficient (Wildman–Crippen LogP) is 0.980. The molecule has 1 fully saturated rings. The second-order valence-corrected chi connectivity index (χ2v) is 6.48. The topological polar surface area (TPSA) is 56.8 Å². The average molecular weight is 316 g/mol. The summed E-state index contributed by atoms with van der Waals surface area (Å²) in [5.74, 6) is 0.135. The first-order valence-electron chi connectivity index (χ1n) is 8.31. The van der Waals surface area contributed by atoms with Crippen LogP contribution in [-0.2, 0) is 11.3 Å². The Morgan fingerprint density at radius 3 is 2.65 bits per heavy atom. The van der Waals surface area contributed by atoms with Crippen molar-refractivity contribution in [1.82, 2.24) is 19.7 Å². The van der Waals surface area contributed by atoms with Crippen LogP contribution in [0.2, 0.25) is 0 Å². The first kappa shape index (κ1) is 15.9. The highest BCUT2D eigenvalue weighted by Gasteiger charge is 2.29. The van der Waals surface area contributed by atoms with Gasteiger partial charge < -0.3 is 9.80 Å². The fourth-order valence-corrected chi connectivity index (χ4v) is 3.24. The van der Waals surface area contributed by atoms with Crippen molar-refractivity contribution in [2.24, 2.45) is 0 Å². The highest BCUT2D eigenvalue weighted by atomic mass is 16.2. The fraction of sp³-hybridized carbons (Fsp3) is 0.588. The molecule has 0 unspecified atom stereocenters. The van der Waals surface area contributed by atoms with Crippen LogP contribution >= 0.6 is 0 Å². The molecular weight excluding hydrogens is 292 g/mol. The second-order valence-electron chi connectivity index (χ2n) is 6.48. The van der Waals surface area contributed by atoms with E-state index in [1.165, 1.54) is 0 Å². The van der Waals surface area contributed by atoms with E-state index in [2.05, 4.69) is 23.7 Å². The SMILES string of the molecule is CC(C)N1CCN(C(=O)CCN2Cc3ncccc3C2=O)CC1. The summed E-state index contributed by atoms with van der Waals surface area (Å²) in [6.45, 7) is 8.79. The number of amides is 2. The summed E-state index contributed by atoms with van der Waals surface area (Å²) in [5, 5.41) is 0. The number of carbonyl (C=O) groups excluding carboxylic acids is 2. The average Bonchev–Trinajstić information content (AvgIpc) is 2.89. The summed E-state index contributed by atoms with van der Waals surface area (Å²) in [5.41, 5.74) is 1.49. The van der Waals surface area contributed by atoms with Crippen molar-refractivity contribution in [3.05, 3.63) is 29.6 Å². The lowest BCUT2D eigenvalue weighted by Gasteiger charge is -2.37. The van der Waals surface area contributed by atoms with E-state index >= 15 is 0 Å². The Kier molecular flexibility index (Phi) is 4.61. The highest BCUT2D eigenvalue weighted by molar-refractivity contribution is 5.97. The molecule has 0 atom stereocenters. The Morgan fingerprint density at radius 1 is 1.26 bits per heavy atom. The number of pyridine rings is 1. The normalized spacial score (nSPS) is 18.7. The molecule has 1 aromatic rings. The molecule has 3 rings (SSSR count). The van der Waals surface area contributed by atoms with E-state index in [1.807, 2.05) is 4.90 Å². The number of piperazine rings is 1. The number of nitrogens with zero attached hydrogens (tertiary/aromatic N) is 4. The molecule has 6 nitrogen and oxygen atoms in total. The number of fused-ring (bicyclic) bond motifs is 1. The van der Waals surface area contributed by atoms with Gasteiger partial charge in [-0.05, 0) is 26.0 Å². The Morgan fingerprint density at radius 2 is 2.00 bits per heavy atom. The number of aromatic nitrogens is 1. The Hall–Kier alpha value is -1.95. The number of hydrogen-bond acceptors (Lipinski definition) is 4. The van der Waals surface area contributed by atoms with Crippen LogP contribution in [0.5, 0.6) is 0 Å². The van der Waals surface area contributed by atoms with E-state index in [9.17, 15) is 9.59 Å². The molecule has 6 heteroatoms. The van der Waals surface area contributed by atoms with E-state index in [-0.39, 0.29) is 11.8 Å². The van der Waals surface area contributed by atoms with Crippen molar-refractivity contribution in [2.75, 3.05) is 32.7 Å². The molecule has 2 aliphatic rings. The zero-order chi connectivity index (χ0) is 16.4. The molecule has 0 N–H and O–H groups in total. The molecule has 1 aromatic heterocycles. The van der Waals surface area contributed by atoms with Crippen LogP contribution < -0.4 is 0 Å². The van der Waals surface area contributed by atoms with Gasteiger partial charge in [-0.3, -0.25) is 19.5 Å². The van der Waals surface area contributed by atoms with Crippen LogP contribution in [0, 0.1) is 0 Å². The molecule has 0 saturated carbocycles. The third kappa shape index (κ3) is 3.37. The largest absolute Gasteiger partial charge is 0.340 e. The van der Waals surface area contributed by atoms with Crippen LogP contribution in [0.1, 0.15) is 36.3 Å². The van der Waals surface area contributed by atoms with Crippen molar-refractivity contribution >= 4 is 11.8 Å². The van der Waals surface area contributed by atoms with Crippen molar-refractivity contribution in [2.45, 2.75) is 32.9 Å². The minimum atomic E-state index is -0.00877. The Labute approximate surface area is 137 Å². The van der Waals surface area contributed by atoms with Gasteiger partial charge in [0.15, 0.2) is 0 Å². The first-order chi connectivity index (χ1) is 11.1. The van der Waals surface area contributed by atoms with E-state index in [4.69, 9.17) is 0 Å². The number of hydrogen-bond donors (Lipinski definition) is 0. The van der Waals surface area contributed by atoms with Gasteiger partial charge in [-0.2, -0.15) is 0 Å². The summed E-state index contributed by atoms with van der Waals surface area (Å²) in [6.07, 6.45) is 2.09. The Balaban J connectivity index is 1.48. The zero-order valence-electron chi connectivity index (χ0n) is 13.9. The van der Waals surface area contributed by atoms with Crippen molar-refractivity contribution in [1.29, 1.82) is 0 Å². The highest BCUT2D eigenvalue weighted by Crippen LogP contribution is 2.20. The van der Waals surface area contributed by atoms with Gasteiger partial charge in [0.1, 0.15) is 0 Å². The molecule has 2 aliphatic heterocycles. The smallest absolute Gasteiger partial charge is 0.256 e. The molecule has 23 heavy (non-hydrogen) atoms. The van der Waals surface area contributed by atoms with Gasteiger partial charge in [-0.25, -0.2) is 0 Å². The second kappa shape index (κ2) is 6.66. The summed E-state index contributed by atoms with van der Waals surface area (Å²) < 4.78 is 0. The molecule has 0 aliphatic carbocycles. The predicted molar refractivity (Wildman–Crippen MR) is 86.9 cm³/mol. The van der Waals surface area contributed by atoms with E-state index in [0.29, 0.717) is 31.1 Å². The van der Waals surface area contributed by atoms with Crippen LogP contribution in [0.15, 0.2) is 18.3 Å². The van der Waals surface area contributed by atoms with Gasteiger partial charge in [0.25, 0.3) is 5.91 Å². The van der Waals surface area contributed by atoms with Crippen LogP contribution in [0.4, 0.5) is 0 Å². The minimum Gasteiger partial charge on any atom is -0.340 e. The summed E-state index contributed by atoms with van der Waals surface area (Å²) in [4.78, 5) is 34.9. The third-order valence-electron chi connectivity index (χ3n) is 4.74. The van der Waals surface area contributed by atoms with Crippen molar-refractivity contribution in [3.8, 4) is 0 Å². The lowest BCUT2D eigenvalue weighted by molar-refractivity contribution is -0.133.